The largest absolute Gasteiger partial charge is 0.488 e. The van der Waals surface area contributed by atoms with Gasteiger partial charge in [-0.2, -0.15) is 0 Å². The lowest BCUT2D eigenvalue weighted by molar-refractivity contribution is 0.186. The number of benzene rings is 2. The fraction of sp³-hybridized carbons (Fsp3) is 0.333. The van der Waals surface area contributed by atoms with Crippen LogP contribution in [0.4, 0.5) is 0 Å². The number of nitrogens with one attached hydrogen (secondary N) is 1. The van der Waals surface area contributed by atoms with E-state index in [1.54, 1.807) is 12.1 Å². The zero-order valence-corrected chi connectivity index (χ0v) is 14.8. The first-order valence-electron chi connectivity index (χ1n) is 7.42. The van der Waals surface area contributed by atoms with E-state index in [2.05, 4.69) is 5.32 Å². The van der Waals surface area contributed by atoms with Crippen molar-refractivity contribution in [2.24, 2.45) is 0 Å². The van der Waals surface area contributed by atoms with Gasteiger partial charge in [-0.15, -0.1) is 0 Å². The SMILES string of the molecule is CC(C)(CO)NCc1ccccc1OCc1c(Cl)cccc1Cl. The second-order valence-corrected chi connectivity index (χ2v) is 6.81. The van der Waals surface area contributed by atoms with Gasteiger partial charge in [0.15, 0.2) is 0 Å². The van der Waals surface area contributed by atoms with Crippen molar-refractivity contribution in [1.82, 2.24) is 5.32 Å². The van der Waals surface area contributed by atoms with E-state index in [9.17, 15) is 5.11 Å². The third kappa shape index (κ3) is 5.11. The predicted molar refractivity (Wildman–Crippen MR) is 95.2 cm³/mol. The smallest absolute Gasteiger partial charge is 0.124 e. The Bertz CT molecular complexity index is 639. The van der Waals surface area contributed by atoms with Crippen molar-refractivity contribution in [3.63, 3.8) is 0 Å². The second kappa shape index (κ2) is 8.02. The normalized spacial score (nSPS) is 11.5. The maximum atomic E-state index is 9.33. The van der Waals surface area contributed by atoms with Crippen LogP contribution in [0.1, 0.15) is 25.0 Å². The number of hydrogen-bond donors (Lipinski definition) is 2. The van der Waals surface area contributed by atoms with Crippen LogP contribution in [0.5, 0.6) is 5.75 Å². The van der Waals surface area contributed by atoms with Gasteiger partial charge in [-0.05, 0) is 32.0 Å². The van der Waals surface area contributed by atoms with E-state index in [-0.39, 0.29) is 12.1 Å². The van der Waals surface area contributed by atoms with Crippen LogP contribution in [-0.2, 0) is 13.2 Å². The minimum Gasteiger partial charge on any atom is -0.488 e. The first kappa shape index (κ1) is 18.1. The van der Waals surface area contributed by atoms with Crippen molar-refractivity contribution in [3.05, 3.63) is 63.6 Å². The van der Waals surface area contributed by atoms with E-state index >= 15 is 0 Å². The van der Waals surface area contributed by atoms with Gasteiger partial charge < -0.3 is 15.2 Å². The Balaban J connectivity index is 2.09. The molecule has 0 spiro atoms. The molecule has 2 aromatic rings. The van der Waals surface area contributed by atoms with E-state index in [4.69, 9.17) is 27.9 Å². The molecule has 0 amide bonds. The van der Waals surface area contributed by atoms with Gasteiger partial charge in [-0.25, -0.2) is 0 Å². The number of aliphatic hydroxyl groups excluding tert-OH is 1. The molecule has 0 fully saturated rings. The summed E-state index contributed by atoms with van der Waals surface area (Å²) < 4.78 is 5.91. The highest BCUT2D eigenvalue weighted by Crippen LogP contribution is 2.27. The average molecular weight is 354 g/mol. The van der Waals surface area contributed by atoms with Gasteiger partial charge in [0.25, 0.3) is 0 Å². The van der Waals surface area contributed by atoms with Crippen LogP contribution in [0.3, 0.4) is 0 Å². The van der Waals surface area contributed by atoms with Gasteiger partial charge in [0, 0.05) is 33.3 Å². The van der Waals surface area contributed by atoms with Gasteiger partial charge in [0.1, 0.15) is 12.4 Å². The molecule has 0 heterocycles. The molecule has 0 bridgehead atoms. The number of rotatable bonds is 7. The monoisotopic (exact) mass is 353 g/mol. The molecule has 5 heteroatoms. The molecule has 124 valence electrons. The molecule has 0 aliphatic rings. The maximum Gasteiger partial charge on any atom is 0.124 e. The maximum absolute atomic E-state index is 9.33. The lowest BCUT2D eigenvalue weighted by atomic mass is 10.1. The van der Waals surface area contributed by atoms with Crippen molar-refractivity contribution in [3.8, 4) is 5.75 Å². The quantitative estimate of drug-likeness (QED) is 0.773. The minimum atomic E-state index is -0.348. The predicted octanol–water partition coefficient (Wildman–Crippen LogP) is 4.43. The lowest BCUT2D eigenvalue weighted by Crippen LogP contribution is -2.42. The van der Waals surface area contributed by atoms with Crippen molar-refractivity contribution in [1.29, 1.82) is 0 Å². The molecule has 3 nitrogen and oxygen atoms in total. The molecule has 0 radical (unpaired) electrons. The fourth-order valence-corrected chi connectivity index (χ4v) is 2.51. The Morgan fingerprint density at radius 2 is 1.70 bits per heavy atom. The highest BCUT2D eigenvalue weighted by Gasteiger charge is 2.16. The molecule has 2 N–H and O–H groups in total. The molecule has 2 rings (SSSR count). The van der Waals surface area contributed by atoms with Crippen LogP contribution in [-0.4, -0.2) is 17.3 Å². The van der Waals surface area contributed by atoms with E-state index in [1.807, 2.05) is 44.2 Å². The summed E-state index contributed by atoms with van der Waals surface area (Å²) in [5.41, 5.74) is 1.44. The van der Waals surface area contributed by atoms with Gasteiger partial charge >= 0.3 is 0 Å². The number of aliphatic hydroxyl groups is 1. The Morgan fingerprint density at radius 1 is 1.04 bits per heavy atom. The number of hydrogen-bond acceptors (Lipinski definition) is 3. The van der Waals surface area contributed by atoms with E-state index in [0.717, 1.165) is 16.9 Å². The first-order chi connectivity index (χ1) is 10.9. The number of ether oxygens (including phenoxy) is 1. The van der Waals surface area contributed by atoms with Crippen LogP contribution in [0.2, 0.25) is 10.0 Å². The van der Waals surface area contributed by atoms with Gasteiger partial charge in [-0.3, -0.25) is 0 Å². The summed E-state index contributed by atoms with van der Waals surface area (Å²) in [4.78, 5) is 0. The topological polar surface area (TPSA) is 41.5 Å². The highest BCUT2D eigenvalue weighted by atomic mass is 35.5. The zero-order valence-electron chi connectivity index (χ0n) is 13.3. The van der Waals surface area contributed by atoms with Crippen LogP contribution in [0, 0.1) is 0 Å². The lowest BCUT2D eigenvalue weighted by Gasteiger charge is -2.24. The van der Waals surface area contributed by atoms with Crippen LogP contribution < -0.4 is 10.1 Å². The molecule has 23 heavy (non-hydrogen) atoms. The summed E-state index contributed by atoms with van der Waals surface area (Å²) in [6.07, 6.45) is 0. The Kier molecular flexibility index (Phi) is 6.31. The Labute approximate surface area is 147 Å². The summed E-state index contributed by atoms with van der Waals surface area (Å²) in [6.45, 7) is 4.85. The molecule has 2 aromatic carbocycles. The molecule has 0 atom stereocenters. The molecule has 0 unspecified atom stereocenters. The van der Waals surface area contributed by atoms with Crippen LogP contribution in [0.25, 0.3) is 0 Å². The summed E-state index contributed by atoms with van der Waals surface area (Å²) >= 11 is 12.3. The average Bonchev–Trinajstić information content (AvgIpc) is 2.53. The number of halogens is 2. The minimum absolute atomic E-state index is 0.0608. The van der Waals surface area contributed by atoms with Gasteiger partial charge in [0.05, 0.1) is 6.61 Å². The van der Waals surface area contributed by atoms with E-state index < -0.39 is 0 Å². The van der Waals surface area contributed by atoms with E-state index in [1.165, 1.54) is 0 Å². The van der Waals surface area contributed by atoms with Gasteiger partial charge in [-0.1, -0.05) is 47.5 Å². The van der Waals surface area contributed by atoms with Crippen LogP contribution >= 0.6 is 23.2 Å². The summed E-state index contributed by atoms with van der Waals surface area (Å²) in [5, 5.41) is 13.8. The molecule has 0 saturated carbocycles. The molecule has 0 aromatic heterocycles. The third-order valence-electron chi connectivity index (χ3n) is 3.56. The van der Waals surface area contributed by atoms with Crippen molar-refractivity contribution in [2.45, 2.75) is 32.5 Å². The summed E-state index contributed by atoms with van der Waals surface area (Å²) in [6, 6.07) is 13.2. The first-order valence-corrected chi connectivity index (χ1v) is 8.18. The van der Waals surface area contributed by atoms with Crippen LogP contribution in [0.15, 0.2) is 42.5 Å². The standard InChI is InChI=1S/C18H21Cl2NO2/c1-18(2,12-22)21-10-13-6-3-4-9-17(13)23-11-14-15(19)7-5-8-16(14)20/h3-9,21-22H,10-12H2,1-2H3. The zero-order chi connectivity index (χ0) is 16.9. The van der Waals surface area contributed by atoms with E-state index in [0.29, 0.717) is 23.2 Å². The van der Waals surface area contributed by atoms with Crippen molar-refractivity contribution in [2.75, 3.05) is 6.61 Å². The molecular formula is C18H21Cl2NO2. The summed E-state index contributed by atoms with van der Waals surface area (Å²) in [7, 11) is 0. The Hall–Kier alpha value is -1.26. The second-order valence-electron chi connectivity index (χ2n) is 5.99. The molecule has 0 aliphatic carbocycles. The van der Waals surface area contributed by atoms with Gasteiger partial charge in [0.2, 0.25) is 0 Å². The summed E-state index contributed by atoms with van der Waals surface area (Å²) in [5.74, 6) is 0.768. The third-order valence-corrected chi connectivity index (χ3v) is 4.27. The van der Waals surface area contributed by atoms with Crippen molar-refractivity contribution >= 4 is 23.2 Å². The fourth-order valence-electron chi connectivity index (χ4n) is 2.00. The molecular weight excluding hydrogens is 333 g/mol. The Morgan fingerprint density at radius 3 is 2.35 bits per heavy atom. The highest BCUT2D eigenvalue weighted by molar-refractivity contribution is 6.35. The molecule has 0 aliphatic heterocycles. The molecule has 0 saturated heterocycles. The van der Waals surface area contributed by atoms with Crippen molar-refractivity contribution < 1.29 is 9.84 Å². The number of para-hydroxylation sites is 1.